The van der Waals surface area contributed by atoms with Crippen LogP contribution in [0.25, 0.3) is 10.6 Å². The molecule has 1 aromatic heterocycles. The number of halogens is 2. The Labute approximate surface area is 152 Å². The molecule has 0 aliphatic rings. The highest BCUT2D eigenvalue weighted by Crippen LogP contribution is 2.26. The molecule has 0 spiro atoms. The number of carbonyl (C=O) groups excluding carboxylic acids is 1. The maximum absolute atomic E-state index is 13.0. The third-order valence-electron chi connectivity index (χ3n) is 3.39. The second kappa shape index (κ2) is 7.63. The van der Waals surface area contributed by atoms with Gasteiger partial charge in [0.25, 0.3) is 0 Å². The maximum atomic E-state index is 13.0. The number of carbonyl (C=O) groups is 1. The molecule has 0 aliphatic heterocycles. The van der Waals surface area contributed by atoms with Crippen LogP contribution in [0, 0.1) is 5.82 Å². The van der Waals surface area contributed by atoms with Gasteiger partial charge in [0.2, 0.25) is 0 Å². The number of aromatic nitrogens is 1. The van der Waals surface area contributed by atoms with E-state index < -0.39 is 11.8 Å². The van der Waals surface area contributed by atoms with Crippen molar-refractivity contribution in [2.45, 2.75) is 6.61 Å². The van der Waals surface area contributed by atoms with Gasteiger partial charge in [-0.05, 0) is 42.5 Å². The maximum Gasteiger partial charge on any atom is 0.340 e. The number of ether oxygens (including phenoxy) is 2. The minimum absolute atomic E-state index is 0.0131. The van der Waals surface area contributed by atoms with E-state index in [4.69, 9.17) is 21.1 Å². The highest BCUT2D eigenvalue weighted by molar-refractivity contribution is 7.13. The van der Waals surface area contributed by atoms with Crippen LogP contribution in [0.15, 0.2) is 47.8 Å². The number of nitrogens with zero attached hydrogens (tertiary/aromatic N) is 1. The molecule has 0 fully saturated rings. The normalized spacial score (nSPS) is 10.5. The van der Waals surface area contributed by atoms with E-state index in [2.05, 4.69) is 4.98 Å². The molecule has 4 nitrogen and oxygen atoms in total. The lowest BCUT2D eigenvalue weighted by molar-refractivity contribution is 0.0468. The fourth-order valence-electron chi connectivity index (χ4n) is 2.11. The molecule has 0 atom stereocenters. The lowest BCUT2D eigenvalue weighted by Crippen LogP contribution is -2.06. The summed E-state index contributed by atoms with van der Waals surface area (Å²) in [6.07, 6.45) is 0. The van der Waals surface area contributed by atoms with E-state index >= 15 is 0 Å². The van der Waals surface area contributed by atoms with E-state index in [9.17, 15) is 9.18 Å². The second-order valence-electron chi connectivity index (χ2n) is 5.07. The van der Waals surface area contributed by atoms with Crippen LogP contribution in [-0.4, -0.2) is 18.1 Å². The molecule has 0 bridgehead atoms. The number of benzene rings is 2. The van der Waals surface area contributed by atoms with Crippen LogP contribution in [0.3, 0.4) is 0 Å². The Morgan fingerprint density at radius 2 is 2.00 bits per heavy atom. The van der Waals surface area contributed by atoms with Gasteiger partial charge < -0.3 is 9.47 Å². The van der Waals surface area contributed by atoms with Gasteiger partial charge in [0.1, 0.15) is 23.2 Å². The van der Waals surface area contributed by atoms with Gasteiger partial charge in [-0.1, -0.05) is 11.6 Å². The van der Waals surface area contributed by atoms with Crippen LogP contribution in [-0.2, 0) is 11.3 Å². The molecule has 0 radical (unpaired) electrons. The third-order valence-corrected chi connectivity index (χ3v) is 4.64. The van der Waals surface area contributed by atoms with Gasteiger partial charge >= 0.3 is 5.97 Å². The quantitative estimate of drug-likeness (QED) is 0.589. The Kier molecular flexibility index (Phi) is 5.31. The molecule has 0 saturated carbocycles. The summed E-state index contributed by atoms with van der Waals surface area (Å²) in [5, 5.41) is 2.65. The summed E-state index contributed by atoms with van der Waals surface area (Å²) in [7, 11) is 1.61. The predicted molar refractivity (Wildman–Crippen MR) is 94.6 cm³/mol. The Bertz CT molecular complexity index is 896. The van der Waals surface area contributed by atoms with E-state index in [1.165, 1.54) is 17.4 Å². The summed E-state index contributed by atoms with van der Waals surface area (Å²) in [4.78, 5) is 16.5. The highest BCUT2D eigenvalue weighted by Gasteiger charge is 2.14. The van der Waals surface area contributed by atoms with Crippen LogP contribution in [0.4, 0.5) is 4.39 Å². The average Bonchev–Trinajstić information content (AvgIpc) is 3.09. The molecule has 0 saturated heterocycles. The molecule has 128 valence electrons. The summed E-state index contributed by atoms with van der Waals surface area (Å²) >= 11 is 7.30. The average molecular weight is 378 g/mol. The molecular weight excluding hydrogens is 365 g/mol. The van der Waals surface area contributed by atoms with Crippen molar-refractivity contribution >= 4 is 28.9 Å². The van der Waals surface area contributed by atoms with Crippen LogP contribution >= 0.6 is 22.9 Å². The number of methoxy groups -OCH3 is 1. The molecular formula is C18H13ClFNO3S. The van der Waals surface area contributed by atoms with E-state index in [1.807, 2.05) is 29.6 Å². The zero-order chi connectivity index (χ0) is 17.8. The lowest BCUT2D eigenvalue weighted by Gasteiger charge is -2.05. The Balaban J connectivity index is 1.66. The number of rotatable bonds is 5. The smallest absolute Gasteiger partial charge is 0.340 e. The van der Waals surface area contributed by atoms with Gasteiger partial charge in [-0.15, -0.1) is 11.3 Å². The first kappa shape index (κ1) is 17.4. The largest absolute Gasteiger partial charge is 0.497 e. The van der Waals surface area contributed by atoms with Crippen LogP contribution in [0.1, 0.15) is 16.1 Å². The summed E-state index contributed by atoms with van der Waals surface area (Å²) < 4.78 is 23.3. The molecule has 7 heteroatoms. The lowest BCUT2D eigenvalue weighted by atomic mass is 10.2. The Morgan fingerprint density at radius 1 is 1.24 bits per heavy atom. The molecule has 0 N–H and O–H groups in total. The fourth-order valence-corrected chi connectivity index (χ4v) is 3.17. The molecule has 25 heavy (non-hydrogen) atoms. The fraction of sp³-hybridized carbons (Fsp3) is 0.111. The standard InChI is InChI=1S/C18H13ClFNO3S/c1-23-14-5-2-11(3-6-14)17-21-13(10-25-17)9-24-18(22)15-7-4-12(20)8-16(15)19/h2-8,10H,9H2,1H3. The minimum atomic E-state index is -0.621. The van der Waals surface area contributed by atoms with Gasteiger partial charge in [0.15, 0.2) is 0 Å². The van der Waals surface area contributed by atoms with Crippen LogP contribution < -0.4 is 4.74 Å². The second-order valence-corrected chi connectivity index (χ2v) is 6.34. The van der Waals surface area contributed by atoms with Gasteiger partial charge in [-0.25, -0.2) is 14.2 Å². The number of esters is 1. The van der Waals surface area contributed by atoms with Crippen molar-refractivity contribution in [1.29, 1.82) is 0 Å². The first-order chi connectivity index (χ1) is 12.1. The number of hydrogen-bond acceptors (Lipinski definition) is 5. The van der Waals surface area contributed by atoms with E-state index in [0.29, 0.717) is 5.69 Å². The summed E-state index contributed by atoms with van der Waals surface area (Å²) in [6, 6.07) is 11.1. The van der Waals surface area contributed by atoms with Crippen molar-refractivity contribution in [3.8, 4) is 16.3 Å². The van der Waals surface area contributed by atoms with Crippen molar-refractivity contribution in [2.24, 2.45) is 0 Å². The molecule has 0 aliphatic carbocycles. The number of thiazole rings is 1. The van der Waals surface area contributed by atoms with Crippen LogP contribution in [0.5, 0.6) is 5.75 Å². The first-order valence-corrected chi connectivity index (χ1v) is 8.53. The van der Waals surface area contributed by atoms with Gasteiger partial charge in [-0.3, -0.25) is 0 Å². The zero-order valence-electron chi connectivity index (χ0n) is 13.2. The van der Waals surface area contributed by atoms with Crippen molar-refractivity contribution in [3.05, 3.63) is 69.9 Å². The molecule has 2 aromatic carbocycles. The number of hydrogen-bond donors (Lipinski definition) is 0. The van der Waals surface area contributed by atoms with Gasteiger partial charge in [0, 0.05) is 10.9 Å². The van der Waals surface area contributed by atoms with Crippen molar-refractivity contribution in [2.75, 3.05) is 7.11 Å². The van der Waals surface area contributed by atoms with E-state index in [-0.39, 0.29) is 17.2 Å². The molecule has 0 amide bonds. The van der Waals surface area contributed by atoms with Crippen molar-refractivity contribution in [3.63, 3.8) is 0 Å². The molecule has 1 heterocycles. The highest BCUT2D eigenvalue weighted by atomic mass is 35.5. The van der Waals surface area contributed by atoms with Gasteiger partial charge in [-0.2, -0.15) is 0 Å². The molecule has 0 unspecified atom stereocenters. The van der Waals surface area contributed by atoms with Crippen molar-refractivity contribution in [1.82, 2.24) is 4.98 Å². The van der Waals surface area contributed by atoms with Crippen molar-refractivity contribution < 1.29 is 18.7 Å². The van der Waals surface area contributed by atoms with E-state index in [0.717, 1.165) is 28.5 Å². The third kappa shape index (κ3) is 4.15. The van der Waals surface area contributed by atoms with Crippen LogP contribution in [0.2, 0.25) is 5.02 Å². The summed E-state index contributed by atoms with van der Waals surface area (Å²) in [5.41, 5.74) is 1.70. The van der Waals surface area contributed by atoms with E-state index in [1.54, 1.807) is 7.11 Å². The minimum Gasteiger partial charge on any atom is -0.497 e. The Morgan fingerprint density at radius 3 is 2.68 bits per heavy atom. The summed E-state index contributed by atoms with van der Waals surface area (Å²) in [5.74, 6) is -0.361. The van der Waals surface area contributed by atoms with Gasteiger partial charge in [0.05, 0.1) is 23.4 Å². The summed E-state index contributed by atoms with van der Waals surface area (Å²) in [6.45, 7) is 0.0131. The monoisotopic (exact) mass is 377 g/mol. The topological polar surface area (TPSA) is 48.4 Å². The molecule has 3 rings (SSSR count). The first-order valence-electron chi connectivity index (χ1n) is 7.28. The SMILES string of the molecule is COc1ccc(-c2nc(COC(=O)c3ccc(F)cc3Cl)cs2)cc1. The zero-order valence-corrected chi connectivity index (χ0v) is 14.7. The Hall–Kier alpha value is -2.44. The molecule has 3 aromatic rings. The predicted octanol–water partition coefficient (Wildman–Crippen LogP) is 4.97.